The lowest BCUT2D eigenvalue weighted by atomic mass is 10.2. The highest BCUT2D eigenvalue weighted by molar-refractivity contribution is 5.81. The molecule has 0 amide bonds. The van der Waals surface area contributed by atoms with Crippen LogP contribution in [0.15, 0.2) is 47.1 Å². The van der Waals surface area contributed by atoms with E-state index in [0.29, 0.717) is 5.89 Å². The van der Waals surface area contributed by atoms with Crippen molar-refractivity contribution in [2.24, 2.45) is 0 Å². The largest absolute Gasteiger partial charge is 0.425 e. The Bertz CT molecular complexity index is 607. The fourth-order valence-corrected chi connectivity index (χ4v) is 1.74. The van der Waals surface area contributed by atoms with Crippen molar-refractivity contribution in [1.82, 2.24) is 9.55 Å². The summed E-state index contributed by atoms with van der Waals surface area (Å²) in [6.45, 7) is 1.84. The second kappa shape index (κ2) is 2.98. The minimum atomic E-state index is 0.683. The summed E-state index contributed by atoms with van der Waals surface area (Å²) in [5, 5.41) is 1.20. The summed E-state index contributed by atoms with van der Waals surface area (Å²) in [6.07, 6.45) is 3.73. The molecule has 0 N–H and O–H groups in total. The molecule has 0 fully saturated rings. The number of benzene rings is 1. The molecule has 2 heterocycles. The van der Waals surface area contributed by atoms with Crippen LogP contribution in [0.3, 0.4) is 0 Å². The molecular formula is C12H10N2O. The summed E-state index contributed by atoms with van der Waals surface area (Å²) in [6, 6.07) is 10.2. The number of aryl methyl sites for hydroxylation is 1. The Morgan fingerprint density at radius 2 is 2.07 bits per heavy atom. The summed E-state index contributed by atoms with van der Waals surface area (Å²) in [7, 11) is 0. The van der Waals surface area contributed by atoms with Gasteiger partial charge in [-0.15, -0.1) is 0 Å². The molecule has 3 aromatic rings. The number of hydrogen-bond acceptors (Lipinski definition) is 2. The Morgan fingerprint density at radius 3 is 2.87 bits per heavy atom. The van der Waals surface area contributed by atoms with Crippen molar-refractivity contribution in [3.05, 3.63) is 48.6 Å². The van der Waals surface area contributed by atoms with Gasteiger partial charge in [0.25, 0.3) is 0 Å². The molecule has 74 valence electrons. The standard InChI is InChI=1S/C12H10N2O/c1-9-13-8-12(15-9)14-7-6-10-4-2-3-5-11(10)14/h2-8H,1H3. The number of nitrogens with zero attached hydrogens (tertiary/aromatic N) is 2. The number of para-hydroxylation sites is 1. The molecule has 0 spiro atoms. The fraction of sp³-hybridized carbons (Fsp3) is 0.0833. The molecule has 0 saturated carbocycles. The van der Waals surface area contributed by atoms with E-state index in [1.54, 1.807) is 6.20 Å². The maximum atomic E-state index is 5.49. The number of fused-ring (bicyclic) bond motifs is 1. The molecule has 0 aliphatic rings. The van der Waals surface area contributed by atoms with Gasteiger partial charge in [0.05, 0.1) is 11.7 Å². The predicted molar refractivity (Wildman–Crippen MR) is 58.1 cm³/mol. The van der Waals surface area contributed by atoms with Crippen molar-refractivity contribution in [2.75, 3.05) is 0 Å². The Kier molecular flexibility index (Phi) is 1.65. The molecule has 15 heavy (non-hydrogen) atoms. The summed E-state index contributed by atoms with van der Waals surface area (Å²) in [5.41, 5.74) is 1.13. The molecule has 3 heteroatoms. The maximum absolute atomic E-state index is 5.49. The van der Waals surface area contributed by atoms with Crippen molar-refractivity contribution in [2.45, 2.75) is 6.92 Å². The average molecular weight is 198 g/mol. The number of oxazole rings is 1. The van der Waals surface area contributed by atoms with Gasteiger partial charge in [-0.1, -0.05) is 18.2 Å². The summed E-state index contributed by atoms with van der Waals surface area (Å²) in [4.78, 5) is 4.09. The summed E-state index contributed by atoms with van der Waals surface area (Å²) >= 11 is 0. The molecule has 0 aliphatic heterocycles. The zero-order chi connectivity index (χ0) is 10.3. The van der Waals surface area contributed by atoms with Gasteiger partial charge in [-0.3, -0.25) is 4.57 Å². The van der Waals surface area contributed by atoms with Crippen molar-refractivity contribution in [1.29, 1.82) is 0 Å². The van der Waals surface area contributed by atoms with E-state index in [2.05, 4.69) is 23.2 Å². The normalized spacial score (nSPS) is 11.0. The average Bonchev–Trinajstić information content (AvgIpc) is 2.83. The molecule has 3 rings (SSSR count). The van der Waals surface area contributed by atoms with Crippen molar-refractivity contribution in [3.63, 3.8) is 0 Å². The van der Waals surface area contributed by atoms with Gasteiger partial charge in [0, 0.05) is 18.5 Å². The van der Waals surface area contributed by atoms with E-state index in [1.807, 2.05) is 29.8 Å². The lowest BCUT2D eigenvalue weighted by Crippen LogP contribution is -1.87. The van der Waals surface area contributed by atoms with Crippen molar-refractivity contribution in [3.8, 4) is 5.88 Å². The van der Waals surface area contributed by atoms with E-state index in [9.17, 15) is 0 Å². The number of aromatic nitrogens is 2. The smallest absolute Gasteiger partial charge is 0.224 e. The molecule has 0 saturated heterocycles. The van der Waals surface area contributed by atoms with Gasteiger partial charge in [0.1, 0.15) is 0 Å². The Hall–Kier alpha value is -2.03. The lowest BCUT2D eigenvalue weighted by molar-refractivity contribution is 0.503. The van der Waals surface area contributed by atoms with Crippen LogP contribution in [0.5, 0.6) is 0 Å². The molecule has 0 radical (unpaired) electrons. The number of rotatable bonds is 1. The van der Waals surface area contributed by atoms with Crippen LogP contribution in [0.1, 0.15) is 5.89 Å². The van der Waals surface area contributed by atoms with E-state index in [4.69, 9.17) is 4.42 Å². The first-order chi connectivity index (χ1) is 7.34. The zero-order valence-electron chi connectivity index (χ0n) is 8.34. The number of hydrogen-bond donors (Lipinski definition) is 0. The van der Waals surface area contributed by atoms with Gasteiger partial charge in [-0.2, -0.15) is 0 Å². The van der Waals surface area contributed by atoms with Gasteiger partial charge < -0.3 is 4.42 Å². The summed E-state index contributed by atoms with van der Waals surface area (Å²) in [5.74, 6) is 1.44. The van der Waals surface area contributed by atoms with Crippen LogP contribution >= 0.6 is 0 Å². The van der Waals surface area contributed by atoms with E-state index >= 15 is 0 Å². The van der Waals surface area contributed by atoms with Crippen molar-refractivity contribution >= 4 is 10.9 Å². The van der Waals surface area contributed by atoms with Crippen molar-refractivity contribution < 1.29 is 4.42 Å². The quantitative estimate of drug-likeness (QED) is 0.602. The first-order valence-corrected chi connectivity index (χ1v) is 4.83. The van der Waals surface area contributed by atoms with E-state index in [-0.39, 0.29) is 0 Å². The maximum Gasteiger partial charge on any atom is 0.224 e. The van der Waals surface area contributed by atoms with E-state index in [0.717, 1.165) is 11.4 Å². The molecule has 0 atom stereocenters. The molecular weight excluding hydrogens is 188 g/mol. The SMILES string of the molecule is Cc1ncc(-n2ccc3ccccc32)o1. The van der Waals surface area contributed by atoms with Crippen LogP contribution in [-0.2, 0) is 0 Å². The Morgan fingerprint density at radius 1 is 1.20 bits per heavy atom. The predicted octanol–water partition coefficient (Wildman–Crippen LogP) is 2.93. The lowest BCUT2D eigenvalue weighted by Gasteiger charge is -1.98. The fourth-order valence-electron chi connectivity index (χ4n) is 1.74. The second-order valence-corrected chi connectivity index (χ2v) is 3.46. The Balaban J connectivity index is 2.27. The molecule has 0 aliphatic carbocycles. The molecule has 2 aromatic heterocycles. The zero-order valence-corrected chi connectivity index (χ0v) is 8.34. The minimum Gasteiger partial charge on any atom is -0.425 e. The van der Waals surface area contributed by atoms with Crippen LogP contribution in [0, 0.1) is 6.92 Å². The van der Waals surface area contributed by atoms with Crippen LogP contribution in [0.4, 0.5) is 0 Å². The van der Waals surface area contributed by atoms with Crippen LogP contribution in [0.2, 0.25) is 0 Å². The first kappa shape index (κ1) is 8.29. The van der Waals surface area contributed by atoms with Gasteiger partial charge in [-0.25, -0.2) is 4.98 Å². The highest BCUT2D eigenvalue weighted by atomic mass is 16.4. The van der Waals surface area contributed by atoms with Gasteiger partial charge in [0.2, 0.25) is 5.88 Å². The first-order valence-electron chi connectivity index (χ1n) is 4.83. The van der Waals surface area contributed by atoms with Crippen LogP contribution < -0.4 is 0 Å². The molecule has 0 unspecified atom stereocenters. The Labute approximate surface area is 87.0 Å². The van der Waals surface area contributed by atoms with Gasteiger partial charge in [-0.05, 0) is 12.1 Å². The monoisotopic (exact) mass is 198 g/mol. The third-order valence-electron chi connectivity index (χ3n) is 2.45. The third kappa shape index (κ3) is 1.24. The third-order valence-corrected chi connectivity index (χ3v) is 2.45. The van der Waals surface area contributed by atoms with Gasteiger partial charge in [0.15, 0.2) is 5.89 Å². The second-order valence-electron chi connectivity index (χ2n) is 3.46. The highest BCUT2D eigenvalue weighted by Crippen LogP contribution is 2.20. The van der Waals surface area contributed by atoms with E-state index < -0.39 is 0 Å². The topological polar surface area (TPSA) is 31.0 Å². The van der Waals surface area contributed by atoms with Crippen LogP contribution in [0.25, 0.3) is 16.8 Å². The summed E-state index contributed by atoms with van der Waals surface area (Å²) < 4.78 is 7.48. The molecule has 1 aromatic carbocycles. The van der Waals surface area contributed by atoms with Crippen LogP contribution in [-0.4, -0.2) is 9.55 Å². The van der Waals surface area contributed by atoms with Gasteiger partial charge >= 0.3 is 0 Å². The molecule has 0 bridgehead atoms. The highest BCUT2D eigenvalue weighted by Gasteiger charge is 2.05. The molecule has 3 nitrogen and oxygen atoms in total. The van der Waals surface area contributed by atoms with E-state index in [1.165, 1.54) is 5.39 Å². The minimum absolute atomic E-state index is 0.683.